The number of carbonyl (C=O) groups excluding carboxylic acids is 1. The molecule has 31 heavy (non-hydrogen) atoms. The number of fused-ring (bicyclic) bond motifs is 1. The summed E-state index contributed by atoms with van der Waals surface area (Å²) in [5.74, 6) is 1.81. The summed E-state index contributed by atoms with van der Waals surface area (Å²) in [6.07, 6.45) is 3.56. The highest BCUT2D eigenvalue weighted by atomic mass is 79.9. The number of halogens is 4. The van der Waals surface area contributed by atoms with Gasteiger partial charge in [0.15, 0.2) is 11.3 Å². The van der Waals surface area contributed by atoms with Crippen LogP contribution in [0.4, 0.5) is 13.2 Å². The molecule has 0 aromatic carbocycles. The highest BCUT2D eigenvalue weighted by Crippen LogP contribution is 2.61. The molecule has 0 aliphatic heterocycles. The van der Waals surface area contributed by atoms with Gasteiger partial charge in [0.1, 0.15) is 5.69 Å². The zero-order valence-corrected chi connectivity index (χ0v) is 19.2. The van der Waals surface area contributed by atoms with Crippen LogP contribution in [0.25, 0.3) is 5.65 Å². The fourth-order valence-electron chi connectivity index (χ4n) is 6.98. The van der Waals surface area contributed by atoms with E-state index in [1.807, 2.05) is 0 Å². The molecule has 0 spiro atoms. The van der Waals surface area contributed by atoms with Gasteiger partial charge in [0.25, 0.3) is 5.91 Å². The molecule has 4 bridgehead atoms. The average Bonchev–Trinajstić information content (AvgIpc) is 3.00. The largest absolute Gasteiger partial charge is 0.433 e. The van der Waals surface area contributed by atoms with Gasteiger partial charge in [0.05, 0.1) is 4.47 Å². The van der Waals surface area contributed by atoms with Gasteiger partial charge >= 0.3 is 6.18 Å². The first-order chi connectivity index (χ1) is 14.6. The summed E-state index contributed by atoms with van der Waals surface area (Å²) in [5.41, 5.74) is -0.668. The van der Waals surface area contributed by atoms with Crippen molar-refractivity contribution in [2.45, 2.75) is 71.0 Å². The minimum absolute atomic E-state index is 0.000304. The smallest absolute Gasteiger partial charge is 0.347 e. The summed E-state index contributed by atoms with van der Waals surface area (Å²) in [5, 5.41) is 7.19. The second-order valence-electron chi connectivity index (χ2n) is 9.89. The molecule has 1 atom stereocenters. The molecule has 1 unspecified atom stereocenters. The first-order valence-corrected chi connectivity index (χ1v) is 11.8. The van der Waals surface area contributed by atoms with Crippen LogP contribution in [0.2, 0.25) is 0 Å². The van der Waals surface area contributed by atoms with Crippen LogP contribution in [-0.4, -0.2) is 26.5 Å². The highest BCUT2D eigenvalue weighted by molar-refractivity contribution is 9.10. The Labute approximate surface area is 187 Å². The first-order valence-electron chi connectivity index (χ1n) is 11.0. The molecule has 0 saturated heterocycles. The van der Waals surface area contributed by atoms with Crippen LogP contribution in [0, 0.1) is 30.1 Å². The van der Waals surface area contributed by atoms with Crippen molar-refractivity contribution in [3.8, 4) is 0 Å². The highest BCUT2D eigenvalue weighted by Gasteiger charge is 2.54. The lowest BCUT2D eigenvalue weighted by molar-refractivity contribution is -0.142. The van der Waals surface area contributed by atoms with E-state index in [-0.39, 0.29) is 33.0 Å². The fourth-order valence-corrected chi connectivity index (χ4v) is 7.50. The van der Waals surface area contributed by atoms with Gasteiger partial charge in [-0.25, -0.2) is 9.50 Å². The third-order valence-electron chi connectivity index (χ3n) is 7.70. The van der Waals surface area contributed by atoms with Crippen LogP contribution < -0.4 is 5.32 Å². The molecule has 168 valence electrons. The predicted molar refractivity (Wildman–Crippen MR) is 113 cm³/mol. The minimum Gasteiger partial charge on any atom is -0.347 e. The van der Waals surface area contributed by atoms with Crippen LogP contribution in [0.15, 0.2) is 10.5 Å². The Morgan fingerprint density at radius 3 is 2.35 bits per heavy atom. The summed E-state index contributed by atoms with van der Waals surface area (Å²) in [6, 6.07) is 0.945. The van der Waals surface area contributed by atoms with Crippen molar-refractivity contribution in [1.82, 2.24) is 19.9 Å². The number of aryl methyl sites for hydroxylation is 1. The third-order valence-corrected chi connectivity index (χ3v) is 8.43. The quantitative estimate of drug-likeness (QED) is 0.601. The van der Waals surface area contributed by atoms with Crippen molar-refractivity contribution in [1.29, 1.82) is 0 Å². The summed E-state index contributed by atoms with van der Waals surface area (Å²) < 4.78 is 41.5. The standard InChI is InChI=1S/C22H26BrF3N4O/c1-3-15(21-8-12-5-13(9-21)7-14(6-12)10-21)28-20(31)18-17(23)19-27-11(2)4-16(22(24,25)26)30(19)29-18/h4,12-15H,3,5-10H2,1-2H3,(H,28,31). The number of carbonyl (C=O) groups is 1. The maximum atomic E-state index is 13.5. The number of nitrogens with zero attached hydrogens (tertiary/aromatic N) is 3. The maximum Gasteiger partial charge on any atom is 0.433 e. The van der Waals surface area contributed by atoms with Gasteiger partial charge in [-0.3, -0.25) is 4.79 Å². The lowest BCUT2D eigenvalue weighted by Gasteiger charge is -2.59. The SMILES string of the molecule is CCC(NC(=O)c1nn2c(C(F)(F)F)cc(C)nc2c1Br)C12CC3CC(CC(C3)C1)C2. The summed E-state index contributed by atoms with van der Waals surface area (Å²) in [7, 11) is 0. The number of rotatable bonds is 4. The van der Waals surface area contributed by atoms with Gasteiger partial charge in [-0.15, -0.1) is 0 Å². The van der Waals surface area contributed by atoms with Crippen LogP contribution in [0.1, 0.15) is 73.7 Å². The molecule has 2 heterocycles. The minimum atomic E-state index is -4.60. The molecule has 9 heteroatoms. The zero-order valence-electron chi connectivity index (χ0n) is 17.6. The van der Waals surface area contributed by atoms with Crippen LogP contribution in [0.3, 0.4) is 0 Å². The Balaban J connectivity index is 1.47. The molecule has 4 saturated carbocycles. The monoisotopic (exact) mass is 498 g/mol. The first kappa shape index (κ1) is 21.2. The maximum absolute atomic E-state index is 13.5. The second kappa shape index (κ2) is 7.18. The lowest BCUT2D eigenvalue weighted by atomic mass is 9.47. The number of hydrogen-bond donors (Lipinski definition) is 1. The van der Waals surface area contributed by atoms with Gasteiger partial charge in [-0.05, 0) is 97.0 Å². The second-order valence-corrected chi connectivity index (χ2v) is 10.7. The Morgan fingerprint density at radius 2 is 1.84 bits per heavy atom. The molecule has 6 rings (SSSR count). The van der Waals surface area contributed by atoms with E-state index in [2.05, 4.69) is 38.3 Å². The number of amides is 1. The van der Waals surface area contributed by atoms with E-state index in [1.165, 1.54) is 26.2 Å². The summed E-state index contributed by atoms with van der Waals surface area (Å²) in [6.45, 7) is 3.57. The number of nitrogens with one attached hydrogen (secondary N) is 1. The van der Waals surface area contributed by atoms with Gasteiger partial charge in [-0.1, -0.05) is 6.92 Å². The molecule has 4 aliphatic carbocycles. The van der Waals surface area contributed by atoms with Crippen molar-refractivity contribution in [2.24, 2.45) is 23.2 Å². The van der Waals surface area contributed by atoms with Crippen molar-refractivity contribution in [3.05, 3.63) is 27.6 Å². The summed E-state index contributed by atoms with van der Waals surface area (Å²) >= 11 is 3.29. The Kier molecular flexibility index (Phi) is 4.92. The normalized spacial score (nSPS) is 30.7. The number of aromatic nitrogens is 3. The van der Waals surface area contributed by atoms with Crippen LogP contribution >= 0.6 is 15.9 Å². The van der Waals surface area contributed by atoms with Crippen molar-refractivity contribution < 1.29 is 18.0 Å². The molecule has 4 fully saturated rings. The van der Waals surface area contributed by atoms with Crippen molar-refractivity contribution in [2.75, 3.05) is 0 Å². The Morgan fingerprint density at radius 1 is 1.26 bits per heavy atom. The van der Waals surface area contributed by atoms with Crippen molar-refractivity contribution in [3.63, 3.8) is 0 Å². The molecular weight excluding hydrogens is 473 g/mol. The van der Waals surface area contributed by atoms with Gasteiger partial charge in [-0.2, -0.15) is 18.3 Å². The van der Waals surface area contributed by atoms with E-state index >= 15 is 0 Å². The molecule has 2 aromatic rings. The number of hydrogen-bond acceptors (Lipinski definition) is 3. The van der Waals surface area contributed by atoms with Crippen LogP contribution in [-0.2, 0) is 6.18 Å². The van der Waals surface area contributed by atoms with Gasteiger partial charge < -0.3 is 5.32 Å². The average molecular weight is 499 g/mol. The topological polar surface area (TPSA) is 59.3 Å². The van der Waals surface area contributed by atoms with E-state index in [1.54, 1.807) is 0 Å². The van der Waals surface area contributed by atoms with E-state index in [4.69, 9.17) is 0 Å². The van der Waals surface area contributed by atoms with Crippen LogP contribution in [0.5, 0.6) is 0 Å². The molecular formula is C22H26BrF3N4O. The molecule has 5 nitrogen and oxygen atoms in total. The Hall–Kier alpha value is -1.64. The molecule has 4 aliphatic rings. The molecule has 2 aromatic heterocycles. The molecule has 1 N–H and O–H groups in total. The van der Waals surface area contributed by atoms with E-state index < -0.39 is 17.8 Å². The van der Waals surface area contributed by atoms with E-state index in [0.717, 1.165) is 54.0 Å². The zero-order chi connectivity index (χ0) is 22.1. The number of alkyl halides is 3. The van der Waals surface area contributed by atoms with E-state index in [0.29, 0.717) is 0 Å². The van der Waals surface area contributed by atoms with Crippen molar-refractivity contribution >= 4 is 27.5 Å². The fraction of sp³-hybridized carbons (Fsp3) is 0.682. The lowest BCUT2D eigenvalue weighted by Crippen LogP contribution is -2.56. The van der Waals surface area contributed by atoms with Gasteiger partial charge in [0, 0.05) is 11.7 Å². The van der Waals surface area contributed by atoms with E-state index in [9.17, 15) is 18.0 Å². The Bertz CT molecular complexity index is 1010. The molecule has 1 amide bonds. The third kappa shape index (κ3) is 3.47. The predicted octanol–water partition coefficient (Wildman–Crippen LogP) is 5.54. The molecule has 0 radical (unpaired) electrons. The van der Waals surface area contributed by atoms with Gasteiger partial charge in [0.2, 0.25) is 0 Å². The summed E-state index contributed by atoms with van der Waals surface area (Å²) in [4.78, 5) is 17.4.